The molecule has 3 aliphatic heterocycles. The molecule has 3 saturated heterocycles. The van der Waals surface area contributed by atoms with Crippen molar-refractivity contribution >= 4 is 29.7 Å². The number of carbonyl (C=O) groups is 5. The minimum Gasteiger partial charge on any atom is -0.378 e. The molecule has 1 spiro atoms. The number of nitrogens with zero attached hydrogens (tertiary/aromatic N) is 8. The number of hydrogen-bond donors (Lipinski definition) is 2. The number of piperidine rings is 1. The number of ether oxygens (including phenoxy) is 12. The molecule has 28 nitrogen and oxygen atoms in total. The fraction of sp³-hybridized carbons (Fsp3) is 0.673. The van der Waals surface area contributed by atoms with Crippen LogP contribution < -0.4 is 5.32 Å². The maximum Gasteiger partial charge on any atom is 0.334 e. The summed E-state index contributed by atoms with van der Waals surface area (Å²) in [4.78, 5) is 78.9. The van der Waals surface area contributed by atoms with Gasteiger partial charge in [0.15, 0.2) is 6.23 Å². The predicted octanol–water partition coefficient (Wildman–Crippen LogP) is 0.450. The topological polar surface area (TPSA) is 304 Å². The van der Waals surface area contributed by atoms with Crippen LogP contribution in [0.3, 0.4) is 0 Å². The van der Waals surface area contributed by atoms with Crippen molar-refractivity contribution in [3.8, 4) is 11.3 Å². The summed E-state index contributed by atoms with van der Waals surface area (Å²) in [6.07, 6.45) is 4.66. The van der Waals surface area contributed by atoms with E-state index in [1.165, 1.54) is 17.3 Å². The van der Waals surface area contributed by atoms with Crippen molar-refractivity contribution in [1.82, 2.24) is 45.1 Å². The Morgan fingerprint density at radius 2 is 1.06 bits per heavy atom. The van der Waals surface area contributed by atoms with E-state index in [2.05, 4.69) is 25.6 Å². The van der Waals surface area contributed by atoms with Crippen LogP contribution in [0.15, 0.2) is 48.9 Å². The number of urea groups is 1. The lowest BCUT2D eigenvalue weighted by atomic mass is 9.87. The van der Waals surface area contributed by atoms with Crippen molar-refractivity contribution in [3.63, 3.8) is 0 Å². The molecule has 5 heterocycles. The molecule has 3 aliphatic rings. The van der Waals surface area contributed by atoms with Gasteiger partial charge < -0.3 is 77.0 Å². The van der Waals surface area contributed by atoms with Gasteiger partial charge in [0.2, 0.25) is 5.82 Å². The summed E-state index contributed by atoms with van der Waals surface area (Å²) in [6.45, 7) is 11.1. The minimum atomic E-state index is -1.09. The van der Waals surface area contributed by atoms with E-state index in [1.807, 2.05) is 30.3 Å². The van der Waals surface area contributed by atoms with Gasteiger partial charge in [-0.1, -0.05) is 35.5 Å². The van der Waals surface area contributed by atoms with Crippen LogP contribution in [0, 0.1) is 0 Å². The molecule has 80 heavy (non-hydrogen) atoms. The quantitative estimate of drug-likeness (QED) is 0.0574. The van der Waals surface area contributed by atoms with Gasteiger partial charge in [-0.05, 0) is 18.4 Å². The lowest BCUT2D eigenvalue weighted by Gasteiger charge is -2.37. The number of hydroxylamine groups is 2. The average Bonchev–Trinajstić information content (AvgIpc) is 4.22. The first kappa shape index (κ1) is 63.5. The molecule has 0 saturated carbocycles. The number of aromatic nitrogens is 5. The summed E-state index contributed by atoms with van der Waals surface area (Å²) >= 11 is 0. The number of benzene rings is 1. The van der Waals surface area contributed by atoms with E-state index in [-0.39, 0.29) is 63.1 Å². The highest BCUT2D eigenvalue weighted by molar-refractivity contribution is 6.07. The second-order valence-corrected chi connectivity index (χ2v) is 18.1. The smallest absolute Gasteiger partial charge is 0.334 e. The van der Waals surface area contributed by atoms with E-state index in [0.29, 0.717) is 188 Å². The Balaban J connectivity index is 0.619. The number of nitrogens with one attached hydrogen (secondary N) is 1. The van der Waals surface area contributed by atoms with Crippen LogP contribution in [-0.2, 0) is 89.2 Å². The lowest BCUT2D eigenvalue weighted by Crippen LogP contribution is -2.56. The second kappa shape index (κ2) is 37.3. The summed E-state index contributed by atoms with van der Waals surface area (Å²) in [7, 11) is 0. The van der Waals surface area contributed by atoms with Crippen LogP contribution in [0.25, 0.3) is 11.3 Å². The number of imide groups is 1. The van der Waals surface area contributed by atoms with Gasteiger partial charge in [0.25, 0.3) is 17.7 Å². The van der Waals surface area contributed by atoms with E-state index < -0.39 is 29.7 Å². The number of aliphatic hydroxyl groups is 1. The molecule has 2 N–H and O–H groups in total. The second-order valence-electron chi connectivity index (χ2n) is 18.1. The van der Waals surface area contributed by atoms with Crippen LogP contribution in [0.5, 0.6) is 0 Å². The normalized spacial score (nSPS) is 16.1. The van der Waals surface area contributed by atoms with Gasteiger partial charge in [-0.25, -0.2) is 24.2 Å². The zero-order valence-electron chi connectivity index (χ0n) is 45.4. The highest BCUT2D eigenvalue weighted by Crippen LogP contribution is 2.31. The van der Waals surface area contributed by atoms with Crippen molar-refractivity contribution in [2.24, 2.45) is 0 Å². The molecular formula is C52H77N9O19. The monoisotopic (exact) mass is 1130 g/mol. The van der Waals surface area contributed by atoms with Crippen LogP contribution >= 0.6 is 0 Å². The fourth-order valence-electron chi connectivity index (χ4n) is 8.02. The minimum absolute atomic E-state index is 0.0292. The van der Waals surface area contributed by atoms with Crippen LogP contribution in [-0.4, -0.2) is 258 Å². The molecular weight excluding hydrogens is 1050 g/mol. The third-order valence-electron chi connectivity index (χ3n) is 12.4. The molecule has 3 fully saturated rings. The largest absolute Gasteiger partial charge is 0.378 e. The first-order chi connectivity index (χ1) is 39.2. The summed E-state index contributed by atoms with van der Waals surface area (Å²) in [6, 6.07) is 8.92. The Hall–Kier alpha value is -5.73. The first-order valence-corrected chi connectivity index (χ1v) is 27.1. The predicted molar refractivity (Wildman–Crippen MR) is 277 cm³/mol. The van der Waals surface area contributed by atoms with E-state index in [9.17, 15) is 29.1 Å². The summed E-state index contributed by atoms with van der Waals surface area (Å²) < 4.78 is 67.7. The molecule has 3 aromatic rings. The number of hydrogen-bond acceptors (Lipinski definition) is 23. The van der Waals surface area contributed by atoms with E-state index >= 15 is 0 Å². The van der Waals surface area contributed by atoms with Crippen molar-refractivity contribution in [2.45, 2.75) is 57.0 Å². The maximum absolute atomic E-state index is 13.4. The Morgan fingerprint density at radius 3 is 1.51 bits per heavy atom. The van der Waals surface area contributed by atoms with Crippen molar-refractivity contribution < 1.29 is 90.8 Å². The number of likely N-dealkylation sites (tertiary alicyclic amines) is 1. The molecule has 1 atom stereocenters. The standard InChI is InChI=1S/C52H77N9O19/c62-45-6-7-46(63)61(45)80-47(64)8-14-68-16-18-70-20-22-72-24-26-74-28-30-76-32-34-78-36-37-79-35-33-77-31-29-75-27-25-73-23-21-71-19-17-69-15-13-59-41-44(56-57-59)43-38-53-48(54-39-43)49(65)58-11-9-52(10-12-58)50(66)60(51(67)55-52)40-42-4-2-1-3-5-42/h1-5,38-39,41,45,62H,6-37,40H2,(H,55,67). The summed E-state index contributed by atoms with van der Waals surface area (Å²) in [5.41, 5.74) is 0.978. The van der Waals surface area contributed by atoms with Crippen molar-refractivity contribution in [2.75, 3.05) is 172 Å². The van der Waals surface area contributed by atoms with Crippen LogP contribution in [0.4, 0.5) is 4.79 Å². The van der Waals surface area contributed by atoms with Gasteiger partial charge in [0, 0.05) is 43.9 Å². The van der Waals surface area contributed by atoms with Gasteiger partial charge >= 0.3 is 12.0 Å². The SMILES string of the molecule is O=C(CCOCCOCCOCCOCCOCCOCCOCCOCCOCCOCCOCCOCCn1cc(-c2cnc(C(=O)N3CCC4(CC3)NC(=O)N(Cc3ccccc3)C4=O)nc2)nn1)ON1C(=O)CCC1O. The maximum atomic E-state index is 13.4. The number of amides is 5. The zero-order chi connectivity index (χ0) is 56.3. The van der Waals surface area contributed by atoms with Crippen molar-refractivity contribution in [1.29, 1.82) is 0 Å². The first-order valence-electron chi connectivity index (χ1n) is 27.1. The van der Waals surface area contributed by atoms with Gasteiger partial charge in [0.05, 0.1) is 184 Å². The molecule has 444 valence electrons. The Bertz CT molecular complexity index is 2240. The average molecular weight is 1130 g/mol. The van der Waals surface area contributed by atoms with Crippen LogP contribution in [0.1, 0.15) is 48.3 Å². The highest BCUT2D eigenvalue weighted by atomic mass is 16.7. The number of aliphatic hydroxyl groups excluding tert-OH is 1. The number of rotatable bonds is 44. The zero-order valence-corrected chi connectivity index (χ0v) is 45.4. The van der Waals surface area contributed by atoms with E-state index in [0.717, 1.165) is 5.56 Å². The molecule has 0 radical (unpaired) electrons. The van der Waals surface area contributed by atoms with Gasteiger partial charge in [-0.3, -0.25) is 19.3 Å². The lowest BCUT2D eigenvalue weighted by molar-refractivity contribution is -0.221. The van der Waals surface area contributed by atoms with Crippen LogP contribution in [0.2, 0.25) is 0 Å². The fourth-order valence-corrected chi connectivity index (χ4v) is 8.02. The van der Waals surface area contributed by atoms with Gasteiger partial charge in [-0.15, -0.1) is 10.2 Å². The molecule has 28 heteroatoms. The van der Waals surface area contributed by atoms with Gasteiger partial charge in [-0.2, -0.15) is 0 Å². The molecule has 5 amide bonds. The third kappa shape index (κ3) is 23.0. The molecule has 2 aromatic heterocycles. The van der Waals surface area contributed by atoms with E-state index in [1.54, 1.807) is 15.8 Å². The highest BCUT2D eigenvalue weighted by Gasteiger charge is 2.52. The summed E-state index contributed by atoms with van der Waals surface area (Å²) in [5, 5.41) is 21.5. The van der Waals surface area contributed by atoms with Crippen molar-refractivity contribution in [3.05, 3.63) is 60.3 Å². The molecule has 1 unspecified atom stereocenters. The molecule has 0 bridgehead atoms. The number of carbonyl (C=O) groups excluding carboxylic acids is 5. The van der Waals surface area contributed by atoms with Gasteiger partial charge in [0.1, 0.15) is 11.2 Å². The van der Waals surface area contributed by atoms with E-state index in [4.69, 9.17) is 61.7 Å². The Kier molecular flexibility index (Phi) is 29.6. The molecule has 1 aromatic carbocycles. The Labute approximate surface area is 464 Å². The summed E-state index contributed by atoms with van der Waals surface area (Å²) in [5.74, 6) is -1.66. The molecule has 0 aliphatic carbocycles. The third-order valence-corrected chi connectivity index (χ3v) is 12.4. The molecule has 6 rings (SSSR count). The Morgan fingerprint density at radius 1 is 0.613 bits per heavy atom.